The fraction of sp³-hybridized carbons (Fsp3) is 0.286. The van der Waals surface area contributed by atoms with E-state index >= 15 is 0 Å². The van der Waals surface area contributed by atoms with E-state index in [1.54, 1.807) is 13.3 Å². The number of nitrogens with one attached hydrogen (secondary N) is 1. The SMILES string of the molecule is COCC=NNc1cnc(Cl)cn1. The van der Waals surface area contributed by atoms with E-state index in [9.17, 15) is 0 Å². The van der Waals surface area contributed by atoms with Crippen LogP contribution in [-0.4, -0.2) is 29.9 Å². The molecular formula is C7H9ClN4O. The highest BCUT2D eigenvalue weighted by molar-refractivity contribution is 6.29. The molecule has 1 rings (SSSR count). The zero-order valence-corrected chi connectivity index (χ0v) is 7.82. The fourth-order valence-corrected chi connectivity index (χ4v) is 0.691. The van der Waals surface area contributed by atoms with Crippen LogP contribution in [0, 0.1) is 0 Å². The molecule has 0 amide bonds. The number of nitrogens with zero attached hydrogens (tertiary/aromatic N) is 3. The van der Waals surface area contributed by atoms with Crippen LogP contribution in [0.3, 0.4) is 0 Å². The zero-order valence-electron chi connectivity index (χ0n) is 7.07. The summed E-state index contributed by atoms with van der Waals surface area (Å²) in [5.74, 6) is 0.539. The summed E-state index contributed by atoms with van der Waals surface area (Å²) in [7, 11) is 1.59. The highest BCUT2D eigenvalue weighted by Gasteiger charge is 1.91. The average molecular weight is 201 g/mol. The minimum atomic E-state index is 0.353. The van der Waals surface area contributed by atoms with Crippen molar-refractivity contribution in [2.24, 2.45) is 5.10 Å². The maximum atomic E-state index is 5.54. The van der Waals surface area contributed by atoms with Crippen LogP contribution in [0.4, 0.5) is 5.82 Å². The van der Waals surface area contributed by atoms with Crippen molar-refractivity contribution in [1.82, 2.24) is 9.97 Å². The first kappa shape index (κ1) is 9.88. The molecule has 0 radical (unpaired) electrons. The van der Waals surface area contributed by atoms with Crippen LogP contribution in [-0.2, 0) is 4.74 Å². The number of halogens is 1. The Kier molecular flexibility index (Phi) is 4.14. The van der Waals surface area contributed by atoms with Gasteiger partial charge in [-0.3, -0.25) is 5.43 Å². The Morgan fingerprint density at radius 3 is 3.08 bits per heavy atom. The summed E-state index contributed by atoms with van der Waals surface area (Å²) in [5.41, 5.74) is 2.66. The second-order valence-corrected chi connectivity index (χ2v) is 2.49. The molecule has 0 fully saturated rings. The van der Waals surface area contributed by atoms with Crippen molar-refractivity contribution < 1.29 is 4.74 Å². The summed E-state index contributed by atoms with van der Waals surface area (Å²) < 4.78 is 4.75. The molecule has 0 aliphatic carbocycles. The first-order valence-electron chi connectivity index (χ1n) is 3.57. The largest absolute Gasteiger partial charge is 0.379 e. The Morgan fingerprint density at radius 2 is 2.46 bits per heavy atom. The van der Waals surface area contributed by atoms with Crippen LogP contribution in [0.25, 0.3) is 0 Å². The molecule has 1 N–H and O–H groups in total. The molecule has 0 saturated heterocycles. The van der Waals surface area contributed by atoms with Gasteiger partial charge in [-0.15, -0.1) is 0 Å². The molecular weight excluding hydrogens is 192 g/mol. The van der Waals surface area contributed by atoms with Crippen molar-refractivity contribution in [1.29, 1.82) is 0 Å². The second kappa shape index (κ2) is 5.45. The lowest BCUT2D eigenvalue weighted by Gasteiger charge is -1.96. The first-order chi connectivity index (χ1) is 6.33. The van der Waals surface area contributed by atoms with Gasteiger partial charge in [0.2, 0.25) is 0 Å². The highest BCUT2D eigenvalue weighted by Crippen LogP contribution is 2.04. The summed E-state index contributed by atoms with van der Waals surface area (Å²) in [6, 6.07) is 0. The van der Waals surface area contributed by atoms with E-state index in [1.165, 1.54) is 12.4 Å². The van der Waals surface area contributed by atoms with Crippen molar-refractivity contribution in [3.8, 4) is 0 Å². The van der Waals surface area contributed by atoms with Gasteiger partial charge >= 0.3 is 0 Å². The van der Waals surface area contributed by atoms with Crippen molar-refractivity contribution in [3.63, 3.8) is 0 Å². The van der Waals surface area contributed by atoms with Crippen LogP contribution in [0.2, 0.25) is 5.15 Å². The van der Waals surface area contributed by atoms with Crippen LogP contribution in [0.5, 0.6) is 0 Å². The molecule has 0 aliphatic rings. The Hall–Kier alpha value is -1.20. The quantitative estimate of drug-likeness (QED) is 0.586. The van der Waals surface area contributed by atoms with Crippen molar-refractivity contribution >= 4 is 23.6 Å². The molecule has 13 heavy (non-hydrogen) atoms. The van der Waals surface area contributed by atoms with Crippen LogP contribution < -0.4 is 5.43 Å². The van der Waals surface area contributed by atoms with Crippen molar-refractivity contribution in [3.05, 3.63) is 17.5 Å². The summed E-state index contributed by atoms with van der Waals surface area (Å²) >= 11 is 5.54. The Balaban J connectivity index is 2.41. The third-order valence-corrected chi connectivity index (χ3v) is 1.33. The van der Waals surface area contributed by atoms with E-state index in [-0.39, 0.29) is 0 Å². The number of hydrazone groups is 1. The molecule has 0 spiro atoms. The molecule has 0 unspecified atom stereocenters. The van der Waals surface area contributed by atoms with Gasteiger partial charge in [-0.25, -0.2) is 9.97 Å². The molecule has 1 aromatic rings. The number of methoxy groups -OCH3 is 1. The van der Waals surface area contributed by atoms with Crippen LogP contribution in [0.15, 0.2) is 17.5 Å². The van der Waals surface area contributed by atoms with E-state index < -0.39 is 0 Å². The maximum Gasteiger partial charge on any atom is 0.164 e. The van der Waals surface area contributed by atoms with Gasteiger partial charge < -0.3 is 4.74 Å². The first-order valence-corrected chi connectivity index (χ1v) is 3.94. The minimum Gasteiger partial charge on any atom is -0.379 e. The van der Waals surface area contributed by atoms with E-state index in [4.69, 9.17) is 16.3 Å². The Morgan fingerprint density at radius 1 is 1.62 bits per heavy atom. The predicted octanol–water partition coefficient (Wildman–Crippen LogP) is 1.17. The van der Waals surface area contributed by atoms with E-state index in [0.29, 0.717) is 17.6 Å². The zero-order chi connectivity index (χ0) is 9.52. The lowest BCUT2D eigenvalue weighted by Crippen LogP contribution is -1.96. The molecule has 0 aliphatic heterocycles. The van der Waals surface area contributed by atoms with Crippen LogP contribution in [0.1, 0.15) is 0 Å². The van der Waals surface area contributed by atoms with Gasteiger partial charge in [0.25, 0.3) is 0 Å². The monoisotopic (exact) mass is 200 g/mol. The number of aromatic nitrogens is 2. The summed E-state index contributed by atoms with van der Waals surface area (Å²) in [5, 5.41) is 4.17. The molecule has 5 nitrogen and oxygen atoms in total. The molecule has 6 heteroatoms. The Labute approximate surface area is 80.8 Å². The topological polar surface area (TPSA) is 59.4 Å². The van der Waals surface area contributed by atoms with Gasteiger partial charge in [0.1, 0.15) is 5.15 Å². The van der Waals surface area contributed by atoms with Gasteiger partial charge in [-0.05, 0) is 0 Å². The van der Waals surface area contributed by atoms with Gasteiger partial charge in [0.15, 0.2) is 5.82 Å². The molecule has 0 aromatic carbocycles. The van der Waals surface area contributed by atoms with E-state index in [0.717, 1.165) is 0 Å². The van der Waals surface area contributed by atoms with Crippen molar-refractivity contribution in [2.75, 3.05) is 19.1 Å². The third kappa shape index (κ3) is 3.82. The third-order valence-electron chi connectivity index (χ3n) is 1.13. The number of rotatable bonds is 4. The maximum absolute atomic E-state index is 5.54. The normalized spacial score (nSPS) is 10.6. The lowest BCUT2D eigenvalue weighted by atomic mass is 10.7. The van der Waals surface area contributed by atoms with E-state index in [2.05, 4.69) is 20.5 Å². The molecule has 1 aromatic heterocycles. The molecule has 0 bridgehead atoms. The van der Waals surface area contributed by atoms with Gasteiger partial charge in [0.05, 0.1) is 25.2 Å². The number of ether oxygens (including phenoxy) is 1. The summed E-state index contributed by atoms with van der Waals surface area (Å²) in [6.45, 7) is 0.452. The Bertz CT molecular complexity index is 274. The average Bonchev–Trinajstić information content (AvgIpc) is 2.15. The fourth-order valence-electron chi connectivity index (χ4n) is 0.594. The van der Waals surface area contributed by atoms with Gasteiger partial charge in [-0.2, -0.15) is 5.10 Å². The molecule has 70 valence electrons. The van der Waals surface area contributed by atoms with E-state index in [1.807, 2.05) is 0 Å². The highest BCUT2D eigenvalue weighted by atomic mass is 35.5. The molecule has 0 atom stereocenters. The predicted molar refractivity (Wildman–Crippen MR) is 51.0 cm³/mol. The summed E-state index contributed by atoms with van der Waals surface area (Å²) in [4.78, 5) is 7.73. The van der Waals surface area contributed by atoms with Gasteiger partial charge in [-0.1, -0.05) is 11.6 Å². The second-order valence-electron chi connectivity index (χ2n) is 2.10. The molecule has 1 heterocycles. The smallest absolute Gasteiger partial charge is 0.164 e. The van der Waals surface area contributed by atoms with Crippen molar-refractivity contribution in [2.45, 2.75) is 0 Å². The number of hydrogen-bond donors (Lipinski definition) is 1. The molecule has 0 saturated carbocycles. The minimum absolute atomic E-state index is 0.353. The standard InChI is InChI=1S/C7H9ClN4O/c1-13-3-2-11-12-7-5-9-6(8)4-10-7/h2,4-5H,3H2,1H3,(H,10,12). The summed E-state index contributed by atoms with van der Waals surface area (Å²) in [6.07, 6.45) is 4.51. The van der Waals surface area contributed by atoms with Crippen LogP contribution >= 0.6 is 11.6 Å². The van der Waals surface area contributed by atoms with Gasteiger partial charge in [0, 0.05) is 7.11 Å². The number of anilines is 1. The number of hydrogen-bond acceptors (Lipinski definition) is 5. The lowest BCUT2D eigenvalue weighted by molar-refractivity contribution is 0.248.